The molecule has 1 heterocycles. The number of methoxy groups -OCH3 is 1. The van der Waals surface area contributed by atoms with Crippen LogP contribution in [0, 0.1) is 4.77 Å². The summed E-state index contributed by atoms with van der Waals surface area (Å²) in [5.74, 6) is -0.164. The van der Waals surface area contributed by atoms with Crippen LogP contribution in [0.25, 0.3) is 0 Å². The fraction of sp³-hybridized carbons (Fsp3) is 0.556. The van der Waals surface area contributed by atoms with Gasteiger partial charge in [0.2, 0.25) is 5.91 Å². The number of carbonyl (C=O) groups excluding carboxylic acids is 1. The average Bonchev–Trinajstić information content (AvgIpc) is 2.61. The van der Waals surface area contributed by atoms with E-state index in [1.165, 1.54) is 0 Å². The maximum atomic E-state index is 11.5. The van der Waals surface area contributed by atoms with E-state index in [2.05, 4.69) is 10.3 Å². The summed E-state index contributed by atoms with van der Waals surface area (Å²) in [6.07, 6.45) is 1.59. The number of aromatic amines is 1. The largest absolute Gasteiger partial charge is 0.390 e. The molecule has 0 bridgehead atoms. The van der Waals surface area contributed by atoms with Gasteiger partial charge in [-0.2, -0.15) is 0 Å². The zero-order valence-electron chi connectivity index (χ0n) is 9.02. The quantitative estimate of drug-likeness (QED) is 0.479. The molecule has 1 rings (SSSR count). The van der Waals surface area contributed by atoms with Gasteiger partial charge in [0.25, 0.3) is 0 Å². The van der Waals surface area contributed by atoms with Crippen molar-refractivity contribution >= 4 is 18.1 Å². The molecular formula is C9H15N3O3S. The molecule has 0 saturated heterocycles. The van der Waals surface area contributed by atoms with E-state index < -0.39 is 0 Å². The summed E-state index contributed by atoms with van der Waals surface area (Å²) in [6, 6.07) is 0. The molecule has 0 spiro atoms. The van der Waals surface area contributed by atoms with Crippen molar-refractivity contribution in [3.8, 4) is 0 Å². The van der Waals surface area contributed by atoms with Crippen molar-refractivity contribution in [3.05, 3.63) is 16.7 Å². The molecular weight excluding hydrogens is 230 g/mol. The van der Waals surface area contributed by atoms with E-state index >= 15 is 0 Å². The normalized spacial score (nSPS) is 10.4. The monoisotopic (exact) mass is 245 g/mol. The lowest BCUT2D eigenvalue weighted by atomic mass is 10.4. The smallest absolute Gasteiger partial charge is 0.240 e. The molecule has 90 valence electrons. The van der Waals surface area contributed by atoms with Crippen LogP contribution in [0.15, 0.2) is 6.20 Å². The first kappa shape index (κ1) is 12.9. The van der Waals surface area contributed by atoms with Crippen molar-refractivity contribution in [1.29, 1.82) is 0 Å². The molecule has 16 heavy (non-hydrogen) atoms. The molecule has 1 aromatic heterocycles. The molecule has 0 aromatic carbocycles. The highest BCUT2D eigenvalue weighted by Crippen LogP contribution is 2.01. The number of nitrogens with zero attached hydrogens (tertiary/aromatic N) is 1. The SMILES string of the molecule is COCCNC(=O)Cn1c(CO)c[nH]c1=S. The Labute approximate surface area is 98.2 Å². The van der Waals surface area contributed by atoms with E-state index in [-0.39, 0.29) is 19.1 Å². The third kappa shape index (κ3) is 3.44. The molecule has 1 amide bonds. The number of aromatic nitrogens is 2. The number of H-pyrrole nitrogens is 1. The van der Waals surface area contributed by atoms with Crippen LogP contribution < -0.4 is 5.32 Å². The van der Waals surface area contributed by atoms with Crippen LogP contribution in [-0.4, -0.2) is 40.8 Å². The molecule has 0 radical (unpaired) electrons. The molecule has 3 N–H and O–H groups in total. The Morgan fingerprint density at radius 3 is 3.12 bits per heavy atom. The number of aliphatic hydroxyl groups excluding tert-OH is 1. The summed E-state index contributed by atoms with van der Waals surface area (Å²) >= 11 is 4.98. The zero-order valence-corrected chi connectivity index (χ0v) is 9.84. The number of nitrogens with one attached hydrogen (secondary N) is 2. The van der Waals surface area contributed by atoms with Crippen LogP contribution >= 0.6 is 12.2 Å². The summed E-state index contributed by atoms with van der Waals surface area (Å²) in [5, 5.41) is 11.7. The van der Waals surface area contributed by atoms with Crippen molar-refractivity contribution in [1.82, 2.24) is 14.9 Å². The standard InChI is InChI=1S/C9H15N3O3S/c1-15-3-2-10-8(14)5-12-7(6-13)4-11-9(12)16/h4,13H,2-3,5-6H2,1H3,(H,10,14)(H,11,16). The minimum absolute atomic E-state index is 0.0991. The van der Waals surface area contributed by atoms with Gasteiger partial charge in [-0.25, -0.2) is 0 Å². The van der Waals surface area contributed by atoms with Gasteiger partial charge < -0.3 is 24.7 Å². The van der Waals surface area contributed by atoms with Gasteiger partial charge in [0, 0.05) is 19.9 Å². The second-order valence-electron chi connectivity index (χ2n) is 3.17. The van der Waals surface area contributed by atoms with E-state index in [4.69, 9.17) is 22.1 Å². The second kappa shape index (κ2) is 6.41. The highest BCUT2D eigenvalue weighted by atomic mass is 32.1. The molecule has 0 aliphatic heterocycles. The molecule has 7 heteroatoms. The second-order valence-corrected chi connectivity index (χ2v) is 3.56. The Morgan fingerprint density at radius 1 is 1.75 bits per heavy atom. The highest BCUT2D eigenvalue weighted by Gasteiger charge is 2.07. The van der Waals surface area contributed by atoms with Gasteiger partial charge in [0.1, 0.15) is 6.54 Å². The van der Waals surface area contributed by atoms with Crippen LogP contribution in [0.5, 0.6) is 0 Å². The lowest BCUT2D eigenvalue weighted by molar-refractivity contribution is -0.121. The zero-order chi connectivity index (χ0) is 12.0. The van der Waals surface area contributed by atoms with E-state index in [0.29, 0.717) is 23.6 Å². The molecule has 6 nitrogen and oxygen atoms in total. The van der Waals surface area contributed by atoms with E-state index in [0.717, 1.165) is 0 Å². The predicted octanol–water partition coefficient (Wildman–Crippen LogP) is -0.199. The number of rotatable bonds is 6. The van der Waals surface area contributed by atoms with Crippen molar-refractivity contribution in [3.63, 3.8) is 0 Å². The third-order valence-electron chi connectivity index (χ3n) is 2.05. The van der Waals surface area contributed by atoms with E-state index in [9.17, 15) is 4.79 Å². The summed E-state index contributed by atoms with van der Waals surface area (Å²) in [5.41, 5.74) is 0.590. The predicted molar refractivity (Wildman–Crippen MR) is 60.4 cm³/mol. The number of aliphatic hydroxyl groups is 1. The van der Waals surface area contributed by atoms with Crippen LogP contribution in [0.4, 0.5) is 0 Å². The molecule has 0 aliphatic carbocycles. The van der Waals surface area contributed by atoms with E-state index in [1.807, 2.05) is 0 Å². The van der Waals surface area contributed by atoms with Gasteiger partial charge >= 0.3 is 0 Å². The summed E-state index contributed by atoms with van der Waals surface area (Å²) in [7, 11) is 1.57. The minimum atomic E-state index is -0.164. The van der Waals surface area contributed by atoms with Crippen LogP contribution in [0.3, 0.4) is 0 Å². The number of hydrogen-bond acceptors (Lipinski definition) is 4. The summed E-state index contributed by atoms with van der Waals surface area (Å²) in [4.78, 5) is 14.3. The topological polar surface area (TPSA) is 79.3 Å². The number of carbonyl (C=O) groups is 1. The fourth-order valence-corrected chi connectivity index (χ4v) is 1.47. The average molecular weight is 245 g/mol. The van der Waals surface area contributed by atoms with Crippen LogP contribution in [0.2, 0.25) is 0 Å². The molecule has 1 aromatic rings. The van der Waals surface area contributed by atoms with Gasteiger partial charge in [-0.15, -0.1) is 0 Å². The van der Waals surface area contributed by atoms with Crippen molar-refractivity contribution in [2.45, 2.75) is 13.2 Å². The molecule has 0 atom stereocenters. The summed E-state index contributed by atoms with van der Waals surface area (Å²) in [6.45, 7) is 0.874. The fourth-order valence-electron chi connectivity index (χ4n) is 1.23. The third-order valence-corrected chi connectivity index (χ3v) is 2.38. The molecule has 0 unspecified atom stereocenters. The number of imidazole rings is 1. The number of ether oxygens (including phenoxy) is 1. The Balaban J connectivity index is 2.55. The maximum absolute atomic E-state index is 11.5. The van der Waals surface area contributed by atoms with Crippen LogP contribution in [-0.2, 0) is 22.7 Å². The van der Waals surface area contributed by atoms with Crippen molar-refractivity contribution < 1.29 is 14.6 Å². The van der Waals surface area contributed by atoms with Crippen molar-refractivity contribution in [2.75, 3.05) is 20.3 Å². The Hall–Kier alpha value is -1.18. The van der Waals surface area contributed by atoms with Gasteiger partial charge in [-0.1, -0.05) is 0 Å². The van der Waals surface area contributed by atoms with Gasteiger partial charge in [0.15, 0.2) is 4.77 Å². The number of amides is 1. The molecule has 0 saturated carbocycles. The Bertz CT molecular complexity index is 399. The maximum Gasteiger partial charge on any atom is 0.240 e. The first-order chi connectivity index (χ1) is 7.69. The lowest BCUT2D eigenvalue weighted by Crippen LogP contribution is -2.30. The molecule has 0 aliphatic rings. The van der Waals surface area contributed by atoms with Crippen LogP contribution in [0.1, 0.15) is 5.69 Å². The minimum Gasteiger partial charge on any atom is -0.390 e. The summed E-state index contributed by atoms with van der Waals surface area (Å²) < 4.78 is 6.78. The Morgan fingerprint density at radius 2 is 2.50 bits per heavy atom. The van der Waals surface area contributed by atoms with Gasteiger partial charge in [-0.3, -0.25) is 4.79 Å². The number of hydrogen-bond donors (Lipinski definition) is 3. The lowest BCUT2D eigenvalue weighted by Gasteiger charge is -2.07. The van der Waals surface area contributed by atoms with Gasteiger partial charge in [-0.05, 0) is 12.2 Å². The van der Waals surface area contributed by atoms with Gasteiger partial charge in [0.05, 0.1) is 18.9 Å². The van der Waals surface area contributed by atoms with Crippen molar-refractivity contribution in [2.24, 2.45) is 0 Å². The van der Waals surface area contributed by atoms with E-state index in [1.54, 1.807) is 17.9 Å². The molecule has 0 fully saturated rings. The first-order valence-corrected chi connectivity index (χ1v) is 5.23. The highest BCUT2D eigenvalue weighted by molar-refractivity contribution is 7.71. The Kier molecular flexibility index (Phi) is 5.17. The first-order valence-electron chi connectivity index (χ1n) is 4.82.